The van der Waals surface area contributed by atoms with Crippen LogP contribution in [0.4, 0.5) is 0 Å². The van der Waals surface area contributed by atoms with E-state index in [-0.39, 0.29) is 23.5 Å². The molecule has 21 heavy (non-hydrogen) atoms. The van der Waals surface area contributed by atoms with Crippen molar-refractivity contribution in [1.29, 1.82) is 0 Å². The highest BCUT2D eigenvalue weighted by Crippen LogP contribution is 2.40. The van der Waals surface area contributed by atoms with E-state index in [2.05, 4.69) is 15.5 Å². The summed E-state index contributed by atoms with van der Waals surface area (Å²) in [6.45, 7) is 7.50. The minimum Gasteiger partial charge on any atom is -0.392 e. The number of nitrogens with one attached hydrogen (secondary N) is 1. The summed E-state index contributed by atoms with van der Waals surface area (Å²) in [7, 11) is 0. The van der Waals surface area contributed by atoms with E-state index in [1.807, 2.05) is 20.8 Å². The lowest BCUT2D eigenvalue weighted by atomic mass is 9.64. The topological polar surface area (TPSA) is 88.2 Å². The van der Waals surface area contributed by atoms with Crippen LogP contribution in [0.25, 0.3) is 11.1 Å². The second-order valence-corrected chi connectivity index (χ2v) is 6.36. The highest BCUT2D eigenvalue weighted by Gasteiger charge is 2.48. The molecular weight excluding hydrogens is 270 g/mol. The molecule has 0 radical (unpaired) electrons. The highest BCUT2D eigenvalue weighted by molar-refractivity contribution is 6.06. The average Bonchev–Trinajstić information content (AvgIpc) is 2.78. The van der Waals surface area contributed by atoms with Gasteiger partial charge in [-0.2, -0.15) is 0 Å². The molecule has 1 fully saturated rings. The lowest BCUT2D eigenvalue weighted by molar-refractivity contribution is -0.0689. The molecule has 0 aliphatic heterocycles. The third-order valence-electron chi connectivity index (χ3n) is 4.51. The second-order valence-electron chi connectivity index (χ2n) is 6.36. The summed E-state index contributed by atoms with van der Waals surface area (Å²) in [5, 5.41) is 17.3. The lowest BCUT2D eigenvalue weighted by Gasteiger charge is -2.49. The Morgan fingerprint density at radius 1 is 1.48 bits per heavy atom. The first-order valence-corrected chi connectivity index (χ1v) is 7.03. The van der Waals surface area contributed by atoms with Crippen molar-refractivity contribution in [2.75, 3.05) is 0 Å². The maximum Gasteiger partial charge on any atom is 0.258 e. The van der Waals surface area contributed by atoms with E-state index in [9.17, 15) is 9.90 Å². The van der Waals surface area contributed by atoms with Gasteiger partial charge in [-0.05, 0) is 26.3 Å². The molecular formula is C15H19N3O3. The smallest absolute Gasteiger partial charge is 0.258 e. The number of aromatic nitrogens is 2. The number of aliphatic hydroxyl groups is 1. The summed E-state index contributed by atoms with van der Waals surface area (Å²) < 4.78 is 5.14. The van der Waals surface area contributed by atoms with Gasteiger partial charge in [-0.3, -0.25) is 4.79 Å². The molecule has 1 aliphatic rings. The van der Waals surface area contributed by atoms with E-state index in [1.54, 1.807) is 13.0 Å². The Labute approximate surface area is 122 Å². The Hall–Kier alpha value is -1.95. The Morgan fingerprint density at radius 3 is 2.81 bits per heavy atom. The van der Waals surface area contributed by atoms with Crippen LogP contribution in [0.2, 0.25) is 0 Å². The van der Waals surface area contributed by atoms with Crippen molar-refractivity contribution in [3.05, 3.63) is 23.0 Å². The van der Waals surface area contributed by atoms with E-state index in [0.29, 0.717) is 34.5 Å². The molecule has 2 aromatic heterocycles. The first kappa shape index (κ1) is 14.0. The predicted molar refractivity (Wildman–Crippen MR) is 76.9 cm³/mol. The van der Waals surface area contributed by atoms with Gasteiger partial charge in [-0.25, -0.2) is 4.98 Å². The summed E-state index contributed by atoms with van der Waals surface area (Å²) >= 11 is 0. The summed E-state index contributed by atoms with van der Waals surface area (Å²) in [5.41, 5.74) is 1.95. The number of aryl methyl sites for hydroxylation is 2. The standard InChI is InChI=1S/C15H19N3O3/c1-7-5-9(12-8(2)18-21-14(12)16-7)13(20)17-10-6-11(19)15(10,3)4/h5,10-11,19H,6H2,1-4H3,(H,17,20). The van der Waals surface area contributed by atoms with Crippen LogP contribution in [-0.2, 0) is 0 Å². The molecule has 1 saturated carbocycles. The van der Waals surface area contributed by atoms with Crippen molar-refractivity contribution < 1.29 is 14.4 Å². The monoisotopic (exact) mass is 289 g/mol. The molecule has 2 unspecified atom stereocenters. The fourth-order valence-corrected chi connectivity index (χ4v) is 2.78. The van der Waals surface area contributed by atoms with E-state index in [0.717, 1.165) is 0 Å². The first-order valence-electron chi connectivity index (χ1n) is 7.03. The molecule has 3 rings (SSSR count). The molecule has 0 bridgehead atoms. The van der Waals surface area contributed by atoms with E-state index in [1.165, 1.54) is 0 Å². The minimum absolute atomic E-state index is 0.0383. The van der Waals surface area contributed by atoms with Crippen LogP contribution >= 0.6 is 0 Å². The van der Waals surface area contributed by atoms with Crippen LogP contribution in [0.5, 0.6) is 0 Å². The van der Waals surface area contributed by atoms with E-state index < -0.39 is 0 Å². The third-order valence-corrected chi connectivity index (χ3v) is 4.51. The molecule has 6 heteroatoms. The molecule has 2 atom stereocenters. The van der Waals surface area contributed by atoms with Gasteiger partial charge in [0.15, 0.2) is 0 Å². The first-order chi connectivity index (χ1) is 9.80. The van der Waals surface area contributed by atoms with Gasteiger partial charge < -0.3 is 14.9 Å². The van der Waals surface area contributed by atoms with E-state index in [4.69, 9.17) is 4.52 Å². The zero-order valence-electron chi connectivity index (χ0n) is 12.6. The zero-order chi connectivity index (χ0) is 15.4. The third kappa shape index (κ3) is 2.10. The molecule has 2 heterocycles. The normalized spacial score (nSPS) is 23.9. The molecule has 0 aromatic carbocycles. The van der Waals surface area contributed by atoms with Gasteiger partial charge in [0.05, 0.1) is 22.7 Å². The van der Waals surface area contributed by atoms with Gasteiger partial charge in [-0.15, -0.1) is 0 Å². The molecule has 6 nitrogen and oxygen atoms in total. The van der Waals surface area contributed by atoms with Crippen molar-refractivity contribution in [3.8, 4) is 0 Å². The number of rotatable bonds is 2. The Balaban J connectivity index is 1.94. The minimum atomic E-state index is -0.376. The number of fused-ring (bicyclic) bond motifs is 1. The fourth-order valence-electron chi connectivity index (χ4n) is 2.78. The number of hydrogen-bond acceptors (Lipinski definition) is 5. The van der Waals surface area contributed by atoms with Gasteiger partial charge in [0.1, 0.15) is 0 Å². The average molecular weight is 289 g/mol. The SMILES string of the molecule is Cc1cc(C(=O)NC2CC(O)C2(C)C)c2c(C)noc2n1. The summed E-state index contributed by atoms with van der Waals surface area (Å²) in [4.78, 5) is 16.8. The van der Waals surface area contributed by atoms with Crippen molar-refractivity contribution >= 4 is 17.0 Å². The fraction of sp³-hybridized carbons (Fsp3) is 0.533. The van der Waals surface area contributed by atoms with Crippen LogP contribution in [0.15, 0.2) is 10.6 Å². The van der Waals surface area contributed by atoms with Gasteiger partial charge in [0, 0.05) is 17.2 Å². The number of aliphatic hydroxyl groups excluding tert-OH is 1. The Kier molecular flexibility index (Phi) is 3.02. The maximum absolute atomic E-state index is 12.6. The van der Waals surface area contributed by atoms with Crippen molar-refractivity contribution in [3.63, 3.8) is 0 Å². The van der Waals surface area contributed by atoms with Crippen LogP contribution in [0, 0.1) is 19.3 Å². The van der Waals surface area contributed by atoms with Gasteiger partial charge >= 0.3 is 0 Å². The van der Waals surface area contributed by atoms with Crippen molar-refractivity contribution in [2.45, 2.75) is 46.3 Å². The summed E-state index contributed by atoms with van der Waals surface area (Å²) in [6.07, 6.45) is 0.202. The molecule has 1 amide bonds. The van der Waals surface area contributed by atoms with Crippen LogP contribution in [0.3, 0.4) is 0 Å². The number of pyridine rings is 1. The number of hydrogen-bond donors (Lipinski definition) is 2. The Bertz CT molecular complexity index is 720. The van der Waals surface area contributed by atoms with Gasteiger partial charge in [0.25, 0.3) is 11.6 Å². The molecule has 0 saturated heterocycles. The molecule has 112 valence electrons. The summed E-state index contributed by atoms with van der Waals surface area (Å²) in [6, 6.07) is 1.70. The molecule has 2 aromatic rings. The number of carbonyl (C=O) groups is 1. The number of nitrogens with zero attached hydrogens (tertiary/aromatic N) is 2. The lowest BCUT2D eigenvalue weighted by Crippen LogP contribution is -2.61. The van der Waals surface area contributed by atoms with Crippen LogP contribution in [0.1, 0.15) is 42.0 Å². The van der Waals surface area contributed by atoms with E-state index >= 15 is 0 Å². The van der Waals surface area contributed by atoms with Crippen molar-refractivity contribution in [1.82, 2.24) is 15.5 Å². The van der Waals surface area contributed by atoms with Gasteiger partial charge in [-0.1, -0.05) is 19.0 Å². The Morgan fingerprint density at radius 2 is 2.19 bits per heavy atom. The number of carbonyl (C=O) groups excluding carboxylic acids is 1. The second kappa shape index (κ2) is 4.53. The zero-order valence-corrected chi connectivity index (χ0v) is 12.6. The molecule has 1 aliphatic carbocycles. The number of amides is 1. The van der Waals surface area contributed by atoms with Crippen LogP contribution in [-0.4, -0.2) is 33.3 Å². The maximum atomic E-state index is 12.6. The largest absolute Gasteiger partial charge is 0.392 e. The predicted octanol–water partition coefficient (Wildman–Crippen LogP) is 1.73. The molecule has 2 N–H and O–H groups in total. The quantitative estimate of drug-likeness (QED) is 0.879. The molecule has 0 spiro atoms. The van der Waals surface area contributed by atoms with Gasteiger partial charge in [0.2, 0.25) is 0 Å². The summed E-state index contributed by atoms with van der Waals surface area (Å²) in [5.74, 6) is -0.179. The highest BCUT2D eigenvalue weighted by atomic mass is 16.5. The van der Waals surface area contributed by atoms with Crippen LogP contribution < -0.4 is 5.32 Å². The van der Waals surface area contributed by atoms with Crippen molar-refractivity contribution in [2.24, 2.45) is 5.41 Å².